The van der Waals surface area contributed by atoms with Crippen molar-refractivity contribution in [3.63, 3.8) is 0 Å². The number of likely N-dealkylation sites (tertiary alicyclic amines) is 1. The van der Waals surface area contributed by atoms with Gasteiger partial charge in [0.05, 0.1) is 5.92 Å². The van der Waals surface area contributed by atoms with Crippen LogP contribution in [-0.2, 0) is 4.79 Å². The van der Waals surface area contributed by atoms with E-state index >= 15 is 0 Å². The molecule has 2 rings (SSSR count). The average molecular weight is 268 g/mol. The molecule has 0 aromatic rings. The van der Waals surface area contributed by atoms with Gasteiger partial charge in [0.25, 0.3) is 0 Å². The summed E-state index contributed by atoms with van der Waals surface area (Å²) in [4.78, 5) is 24.8. The summed E-state index contributed by atoms with van der Waals surface area (Å²) in [6.45, 7) is 7.63. The van der Waals surface area contributed by atoms with E-state index in [1.807, 2.05) is 6.92 Å². The van der Waals surface area contributed by atoms with Gasteiger partial charge in [-0.15, -0.1) is 0 Å². The molecular formula is C14H24N2O3. The number of nitrogens with one attached hydrogen (secondary N) is 1. The lowest BCUT2D eigenvalue weighted by molar-refractivity contribution is -0.143. The Morgan fingerprint density at radius 3 is 2.53 bits per heavy atom. The van der Waals surface area contributed by atoms with Gasteiger partial charge in [-0.3, -0.25) is 4.79 Å². The molecule has 5 nitrogen and oxygen atoms in total. The van der Waals surface area contributed by atoms with E-state index in [2.05, 4.69) is 19.2 Å². The van der Waals surface area contributed by atoms with E-state index in [-0.39, 0.29) is 18.0 Å². The predicted molar refractivity (Wildman–Crippen MR) is 71.8 cm³/mol. The van der Waals surface area contributed by atoms with Crippen molar-refractivity contribution in [2.75, 3.05) is 13.1 Å². The number of aliphatic carboxylic acids is 1. The molecule has 0 radical (unpaired) electrons. The summed E-state index contributed by atoms with van der Waals surface area (Å²) in [5.41, 5.74) is 0.370. The number of nitrogens with zero attached hydrogens (tertiary/aromatic N) is 1. The van der Waals surface area contributed by atoms with Crippen LogP contribution in [0.1, 0.15) is 40.0 Å². The predicted octanol–water partition coefficient (Wildman–Crippen LogP) is 1.93. The summed E-state index contributed by atoms with van der Waals surface area (Å²) < 4.78 is 0. The summed E-state index contributed by atoms with van der Waals surface area (Å²) >= 11 is 0. The fourth-order valence-corrected chi connectivity index (χ4v) is 2.93. The highest BCUT2D eigenvalue weighted by atomic mass is 16.4. The van der Waals surface area contributed by atoms with Crippen LogP contribution in [0.15, 0.2) is 0 Å². The number of carboxylic acid groups (broad SMARTS) is 1. The van der Waals surface area contributed by atoms with E-state index in [1.165, 1.54) is 6.42 Å². The zero-order valence-electron chi connectivity index (χ0n) is 12.0. The van der Waals surface area contributed by atoms with Gasteiger partial charge in [-0.2, -0.15) is 0 Å². The normalized spacial score (nSPS) is 32.8. The fourth-order valence-electron chi connectivity index (χ4n) is 2.93. The maximum Gasteiger partial charge on any atom is 0.317 e. The minimum Gasteiger partial charge on any atom is -0.481 e. The molecule has 108 valence electrons. The van der Waals surface area contributed by atoms with Gasteiger partial charge in [0.15, 0.2) is 0 Å². The highest BCUT2D eigenvalue weighted by Crippen LogP contribution is 2.50. The van der Waals surface area contributed by atoms with Gasteiger partial charge < -0.3 is 15.3 Å². The summed E-state index contributed by atoms with van der Waals surface area (Å²) in [6, 6.07) is -0.0406. The van der Waals surface area contributed by atoms with E-state index in [1.54, 1.807) is 4.90 Å². The van der Waals surface area contributed by atoms with Crippen molar-refractivity contribution in [3.8, 4) is 0 Å². The van der Waals surface area contributed by atoms with Crippen LogP contribution in [0.2, 0.25) is 0 Å². The maximum absolute atomic E-state index is 12.1. The van der Waals surface area contributed by atoms with Crippen molar-refractivity contribution in [2.24, 2.45) is 17.3 Å². The minimum absolute atomic E-state index is 0.00191. The molecule has 0 aromatic carbocycles. The van der Waals surface area contributed by atoms with Crippen LogP contribution in [0.25, 0.3) is 0 Å². The second-order valence-electron chi connectivity index (χ2n) is 6.68. The number of amides is 2. The lowest BCUT2D eigenvalue weighted by Crippen LogP contribution is -2.50. The number of piperidine rings is 1. The van der Waals surface area contributed by atoms with Crippen LogP contribution < -0.4 is 5.32 Å². The third kappa shape index (κ3) is 3.19. The molecule has 1 saturated heterocycles. The smallest absolute Gasteiger partial charge is 0.317 e. The van der Waals surface area contributed by atoms with E-state index < -0.39 is 5.97 Å². The molecule has 1 aliphatic carbocycles. The molecule has 0 aromatic heterocycles. The summed E-state index contributed by atoms with van der Waals surface area (Å²) in [7, 11) is 0. The number of carboxylic acids is 1. The largest absolute Gasteiger partial charge is 0.481 e. The fraction of sp³-hybridized carbons (Fsp3) is 0.857. The van der Waals surface area contributed by atoms with Gasteiger partial charge in [0.1, 0.15) is 0 Å². The molecule has 0 bridgehead atoms. The van der Waals surface area contributed by atoms with E-state index in [0.717, 1.165) is 6.54 Å². The monoisotopic (exact) mass is 268 g/mol. The molecular weight excluding hydrogens is 244 g/mol. The van der Waals surface area contributed by atoms with Gasteiger partial charge in [0.2, 0.25) is 0 Å². The summed E-state index contributed by atoms with van der Waals surface area (Å²) in [6.07, 6.45) is 2.28. The van der Waals surface area contributed by atoms with E-state index in [4.69, 9.17) is 5.11 Å². The van der Waals surface area contributed by atoms with Gasteiger partial charge >= 0.3 is 12.0 Å². The van der Waals surface area contributed by atoms with E-state index in [9.17, 15) is 9.59 Å². The molecule has 2 amide bonds. The van der Waals surface area contributed by atoms with Crippen LogP contribution in [-0.4, -0.2) is 41.1 Å². The van der Waals surface area contributed by atoms with Crippen LogP contribution >= 0.6 is 0 Å². The summed E-state index contributed by atoms with van der Waals surface area (Å²) in [5, 5.41) is 12.0. The first-order chi connectivity index (χ1) is 8.81. The molecule has 2 N–H and O–H groups in total. The van der Waals surface area contributed by atoms with Crippen molar-refractivity contribution in [3.05, 3.63) is 0 Å². The van der Waals surface area contributed by atoms with Gasteiger partial charge in [-0.1, -0.05) is 13.8 Å². The van der Waals surface area contributed by atoms with Gasteiger partial charge in [-0.25, -0.2) is 4.79 Å². The van der Waals surface area contributed by atoms with Crippen LogP contribution in [0.4, 0.5) is 4.79 Å². The van der Waals surface area contributed by atoms with Crippen molar-refractivity contribution in [2.45, 2.75) is 46.1 Å². The molecule has 3 atom stereocenters. The molecule has 1 saturated carbocycles. The highest BCUT2D eigenvalue weighted by Gasteiger charge is 2.45. The third-order valence-electron chi connectivity index (χ3n) is 4.70. The quantitative estimate of drug-likeness (QED) is 0.821. The topological polar surface area (TPSA) is 69.6 Å². The third-order valence-corrected chi connectivity index (χ3v) is 4.70. The Balaban J connectivity index is 1.78. The second-order valence-corrected chi connectivity index (χ2v) is 6.68. The molecule has 0 spiro atoms. The number of hydrogen-bond donors (Lipinski definition) is 2. The molecule has 1 aliphatic heterocycles. The Kier molecular flexibility index (Phi) is 3.74. The Morgan fingerprint density at radius 1 is 1.42 bits per heavy atom. The van der Waals surface area contributed by atoms with Crippen molar-refractivity contribution < 1.29 is 14.7 Å². The Morgan fingerprint density at radius 2 is 2.05 bits per heavy atom. The zero-order valence-corrected chi connectivity index (χ0v) is 12.0. The number of rotatable bonds is 3. The maximum atomic E-state index is 12.1. The number of urea groups is 1. The SMILES string of the molecule is CC1CC(C(=O)O)CCN1C(=O)NCC1CC1(C)C. The molecule has 1 heterocycles. The minimum atomic E-state index is -0.744. The first-order valence-electron chi connectivity index (χ1n) is 7.08. The van der Waals surface area contributed by atoms with Gasteiger partial charge in [-0.05, 0) is 37.5 Å². The molecule has 3 unspecified atom stereocenters. The Labute approximate surface area is 114 Å². The standard InChI is InChI=1S/C14H24N2O3/c1-9-6-10(12(17)18)4-5-16(9)13(19)15-8-11-7-14(11,2)3/h9-11H,4-8H2,1-3H3,(H,15,19)(H,17,18). The lowest BCUT2D eigenvalue weighted by atomic mass is 9.92. The molecule has 2 fully saturated rings. The number of carbonyl (C=O) groups is 2. The van der Waals surface area contributed by atoms with E-state index in [0.29, 0.717) is 30.7 Å². The molecule has 5 heteroatoms. The number of hydrogen-bond acceptors (Lipinski definition) is 2. The lowest BCUT2D eigenvalue weighted by Gasteiger charge is -2.36. The van der Waals surface area contributed by atoms with Gasteiger partial charge in [0, 0.05) is 19.1 Å². The highest BCUT2D eigenvalue weighted by molar-refractivity contribution is 5.75. The number of carbonyl (C=O) groups excluding carboxylic acids is 1. The Bertz CT molecular complexity index is 381. The first kappa shape index (κ1) is 14.2. The van der Waals surface area contributed by atoms with Crippen LogP contribution in [0.3, 0.4) is 0 Å². The summed E-state index contributed by atoms with van der Waals surface area (Å²) in [5.74, 6) is -0.462. The zero-order chi connectivity index (χ0) is 14.2. The van der Waals surface area contributed by atoms with Crippen molar-refractivity contribution >= 4 is 12.0 Å². The average Bonchev–Trinajstić information content (AvgIpc) is 2.93. The molecule has 19 heavy (non-hydrogen) atoms. The van der Waals surface area contributed by atoms with Crippen molar-refractivity contribution in [1.82, 2.24) is 10.2 Å². The first-order valence-corrected chi connectivity index (χ1v) is 7.08. The van der Waals surface area contributed by atoms with Crippen LogP contribution in [0, 0.1) is 17.3 Å². The van der Waals surface area contributed by atoms with Crippen molar-refractivity contribution in [1.29, 1.82) is 0 Å². The molecule has 2 aliphatic rings. The van der Waals surface area contributed by atoms with Crippen LogP contribution in [0.5, 0.6) is 0 Å². The Hall–Kier alpha value is -1.26. The second kappa shape index (κ2) is 5.02.